The second-order valence-electron chi connectivity index (χ2n) is 6.62. The maximum absolute atomic E-state index is 12.4. The molecule has 0 atom stereocenters. The Bertz CT molecular complexity index is 961. The van der Waals surface area contributed by atoms with Gasteiger partial charge >= 0.3 is 5.97 Å². The number of rotatable bonds is 7. The Morgan fingerprint density at radius 2 is 1.86 bits per heavy atom. The predicted molar refractivity (Wildman–Crippen MR) is 113 cm³/mol. The van der Waals surface area contributed by atoms with E-state index in [1.807, 2.05) is 24.3 Å². The number of aromatic nitrogens is 1. The van der Waals surface area contributed by atoms with Crippen molar-refractivity contribution >= 4 is 5.97 Å². The van der Waals surface area contributed by atoms with Crippen molar-refractivity contribution in [3.8, 4) is 34.9 Å². The number of ether oxygens (including phenoxy) is 2. The van der Waals surface area contributed by atoms with Gasteiger partial charge in [0.25, 0.3) is 0 Å². The van der Waals surface area contributed by atoms with Crippen molar-refractivity contribution in [2.75, 3.05) is 14.2 Å². The van der Waals surface area contributed by atoms with Gasteiger partial charge in [-0.2, -0.15) is 5.26 Å². The number of benzene rings is 1. The lowest BCUT2D eigenvalue weighted by Gasteiger charge is -2.15. The molecule has 1 heterocycles. The molecule has 0 unspecified atom stereocenters. The van der Waals surface area contributed by atoms with Crippen LogP contribution in [-0.2, 0) is 4.74 Å². The smallest absolute Gasteiger partial charge is 0.340 e. The summed E-state index contributed by atoms with van der Waals surface area (Å²) in [4.78, 5) is 16.6. The number of hydrogen-bond acceptors (Lipinski definition) is 5. The van der Waals surface area contributed by atoms with Crippen LogP contribution in [0, 0.1) is 30.1 Å². The van der Waals surface area contributed by atoms with Gasteiger partial charge in [0.1, 0.15) is 11.6 Å². The van der Waals surface area contributed by atoms with Gasteiger partial charge < -0.3 is 9.47 Å². The van der Waals surface area contributed by atoms with Gasteiger partial charge in [-0.1, -0.05) is 50.2 Å². The van der Waals surface area contributed by atoms with Crippen LogP contribution in [0.25, 0.3) is 11.1 Å². The van der Waals surface area contributed by atoms with Crippen LogP contribution in [0.4, 0.5) is 0 Å². The normalized spacial score (nSPS) is 9.90. The fourth-order valence-electron chi connectivity index (χ4n) is 3.09. The summed E-state index contributed by atoms with van der Waals surface area (Å²) in [5.41, 5.74) is 2.97. The standard InChI is InChI=1S/C24H26N2O3/c1-5-6-7-8-9-10-11-18-12-14-19(15-13-18)22-20(16-25)23(28-3)26-17(2)21(22)24(27)29-4/h12-15H,5-9H2,1-4H3. The zero-order chi connectivity index (χ0) is 21.2. The van der Waals surface area contributed by atoms with Crippen LogP contribution in [0.5, 0.6) is 5.88 Å². The van der Waals surface area contributed by atoms with Gasteiger partial charge in [-0.05, 0) is 31.0 Å². The first-order valence-corrected chi connectivity index (χ1v) is 9.73. The van der Waals surface area contributed by atoms with E-state index >= 15 is 0 Å². The molecular formula is C24H26N2O3. The fourth-order valence-corrected chi connectivity index (χ4v) is 3.09. The lowest BCUT2D eigenvalue weighted by Crippen LogP contribution is -2.11. The first kappa shape index (κ1) is 22.0. The summed E-state index contributed by atoms with van der Waals surface area (Å²) in [5.74, 6) is 6.01. The number of methoxy groups -OCH3 is 2. The van der Waals surface area contributed by atoms with Gasteiger partial charge in [-0.3, -0.25) is 0 Å². The van der Waals surface area contributed by atoms with Crippen molar-refractivity contribution in [1.82, 2.24) is 4.98 Å². The van der Waals surface area contributed by atoms with Gasteiger partial charge in [0.2, 0.25) is 5.88 Å². The summed E-state index contributed by atoms with van der Waals surface area (Å²) in [6.45, 7) is 3.88. The molecule has 0 saturated heterocycles. The predicted octanol–water partition coefficient (Wildman–Crippen LogP) is 5.05. The Labute approximate surface area is 172 Å². The molecule has 150 valence electrons. The molecule has 0 aliphatic carbocycles. The molecule has 0 amide bonds. The number of esters is 1. The molecule has 2 aromatic rings. The third-order valence-corrected chi connectivity index (χ3v) is 4.60. The van der Waals surface area contributed by atoms with E-state index in [0.29, 0.717) is 16.8 Å². The monoisotopic (exact) mass is 390 g/mol. The first-order chi connectivity index (χ1) is 14.1. The molecular weight excluding hydrogens is 364 g/mol. The first-order valence-electron chi connectivity index (χ1n) is 9.73. The van der Waals surface area contributed by atoms with Crippen LogP contribution in [0.15, 0.2) is 24.3 Å². The molecule has 0 spiro atoms. The van der Waals surface area contributed by atoms with E-state index in [4.69, 9.17) is 9.47 Å². The summed E-state index contributed by atoms with van der Waals surface area (Å²) in [6.07, 6.45) is 5.67. The van der Waals surface area contributed by atoms with Crippen molar-refractivity contribution in [1.29, 1.82) is 5.26 Å². The number of carbonyl (C=O) groups excluding carboxylic acids is 1. The average Bonchev–Trinajstić information content (AvgIpc) is 2.75. The Kier molecular flexibility index (Phi) is 8.25. The van der Waals surface area contributed by atoms with E-state index < -0.39 is 5.97 Å². The number of hydrogen-bond donors (Lipinski definition) is 0. The second-order valence-corrected chi connectivity index (χ2v) is 6.62. The summed E-state index contributed by atoms with van der Waals surface area (Å²) < 4.78 is 10.2. The second kappa shape index (κ2) is 10.9. The van der Waals surface area contributed by atoms with E-state index in [1.165, 1.54) is 33.5 Å². The summed E-state index contributed by atoms with van der Waals surface area (Å²) in [7, 11) is 2.75. The van der Waals surface area contributed by atoms with Crippen molar-refractivity contribution < 1.29 is 14.3 Å². The molecule has 2 rings (SSSR count). The van der Waals surface area contributed by atoms with Crippen molar-refractivity contribution in [2.45, 2.75) is 46.0 Å². The molecule has 0 aliphatic heterocycles. The average molecular weight is 390 g/mol. The summed E-state index contributed by atoms with van der Waals surface area (Å²) in [5, 5.41) is 9.68. The molecule has 5 heteroatoms. The number of nitriles is 1. The molecule has 0 aliphatic rings. The Balaban J connectivity index is 2.41. The van der Waals surface area contributed by atoms with Gasteiger partial charge in [0.05, 0.1) is 25.5 Å². The molecule has 0 radical (unpaired) electrons. The number of aryl methyl sites for hydroxylation is 1. The highest BCUT2D eigenvalue weighted by molar-refractivity contribution is 6.00. The van der Waals surface area contributed by atoms with Crippen LogP contribution in [0.3, 0.4) is 0 Å². The van der Waals surface area contributed by atoms with Gasteiger partial charge in [0, 0.05) is 17.5 Å². The molecule has 0 bridgehead atoms. The van der Waals surface area contributed by atoms with Crippen LogP contribution in [0.2, 0.25) is 0 Å². The highest BCUT2D eigenvalue weighted by Gasteiger charge is 2.25. The molecule has 1 aromatic heterocycles. The quantitative estimate of drug-likeness (QED) is 0.376. The SMILES string of the molecule is CCCCCCC#Cc1ccc(-c2c(C#N)c(OC)nc(C)c2C(=O)OC)cc1. The van der Waals surface area contributed by atoms with Crippen LogP contribution < -0.4 is 4.74 Å². The Morgan fingerprint density at radius 3 is 2.45 bits per heavy atom. The highest BCUT2D eigenvalue weighted by atomic mass is 16.5. The lowest BCUT2D eigenvalue weighted by molar-refractivity contribution is 0.0600. The van der Waals surface area contributed by atoms with Crippen LogP contribution in [0.1, 0.15) is 66.2 Å². The van der Waals surface area contributed by atoms with Gasteiger partial charge in [-0.15, -0.1) is 0 Å². The maximum atomic E-state index is 12.4. The number of carbonyl (C=O) groups is 1. The minimum atomic E-state index is -0.542. The van der Waals surface area contributed by atoms with Crippen molar-refractivity contribution in [2.24, 2.45) is 0 Å². The van der Waals surface area contributed by atoms with Crippen LogP contribution >= 0.6 is 0 Å². The van der Waals surface area contributed by atoms with E-state index in [9.17, 15) is 10.1 Å². The third-order valence-electron chi connectivity index (χ3n) is 4.60. The van der Waals surface area contributed by atoms with Crippen molar-refractivity contribution in [3.05, 3.63) is 46.6 Å². The number of pyridine rings is 1. The Morgan fingerprint density at radius 1 is 1.14 bits per heavy atom. The summed E-state index contributed by atoms with van der Waals surface area (Å²) in [6, 6.07) is 9.59. The van der Waals surface area contributed by atoms with E-state index in [1.54, 1.807) is 6.92 Å². The van der Waals surface area contributed by atoms with Crippen LogP contribution in [-0.4, -0.2) is 25.2 Å². The van der Waals surface area contributed by atoms with Gasteiger partial charge in [-0.25, -0.2) is 9.78 Å². The molecule has 0 fully saturated rings. The molecule has 1 aromatic carbocycles. The highest BCUT2D eigenvalue weighted by Crippen LogP contribution is 2.34. The molecule has 0 N–H and O–H groups in total. The fraction of sp³-hybridized carbons (Fsp3) is 0.375. The van der Waals surface area contributed by atoms with Gasteiger partial charge in [0.15, 0.2) is 0 Å². The zero-order valence-corrected chi connectivity index (χ0v) is 17.5. The van der Waals surface area contributed by atoms with E-state index in [2.05, 4.69) is 29.8 Å². The lowest BCUT2D eigenvalue weighted by atomic mass is 9.94. The summed E-state index contributed by atoms with van der Waals surface area (Å²) >= 11 is 0. The van der Waals surface area contributed by atoms with Crippen molar-refractivity contribution in [3.63, 3.8) is 0 Å². The molecule has 29 heavy (non-hydrogen) atoms. The van der Waals surface area contributed by atoms with E-state index in [-0.39, 0.29) is 17.0 Å². The minimum absolute atomic E-state index is 0.184. The largest absolute Gasteiger partial charge is 0.480 e. The Hall–Kier alpha value is -3.31. The minimum Gasteiger partial charge on any atom is -0.480 e. The topological polar surface area (TPSA) is 72.2 Å². The zero-order valence-electron chi connectivity index (χ0n) is 17.5. The maximum Gasteiger partial charge on any atom is 0.340 e. The third kappa shape index (κ3) is 5.36. The molecule has 5 nitrogen and oxygen atoms in total. The molecule has 0 saturated carbocycles. The number of unbranched alkanes of at least 4 members (excludes halogenated alkanes) is 4. The number of nitrogens with zero attached hydrogens (tertiary/aromatic N) is 2. The van der Waals surface area contributed by atoms with E-state index in [0.717, 1.165) is 18.4 Å².